The molecule has 0 heterocycles. The van der Waals surface area contributed by atoms with E-state index in [0.29, 0.717) is 0 Å². The molecule has 0 spiro atoms. The molecule has 2 atom stereocenters. The average Bonchev–Trinajstić information content (AvgIpc) is 2.27. The summed E-state index contributed by atoms with van der Waals surface area (Å²) in [6.07, 6.45) is -0.0494. The summed E-state index contributed by atoms with van der Waals surface area (Å²) in [4.78, 5) is 10.9. The number of hydrogen-bond acceptors (Lipinski definition) is 4. The zero-order chi connectivity index (χ0) is 14.6. The van der Waals surface area contributed by atoms with Gasteiger partial charge in [0.25, 0.3) is 0 Å². The van der Waals surface area contributed by atoms with E-state index in [1.54, 1.807) is 26.0 Å². The van der Waals surface area contributed by atoms with Gasteiger partial charge >= 0.3 is 0 Å². The molecule has 0 saturated carbocycles. The fourth-order valence-electron chi connectivity index (χ4n) is 1.64. The molecule has 1 amide bonds. The third-order valence-corrected chi connectivity index (χ3v) is 4.15. The summed E-state index contributed by atoms with van der Waals surface area (Å²) < 4.78 is 26.6. The highest BCUT2D eigenvalue weighted by molar-refractivity contribution is 7.89. The molecule has 1 aromatic carbocycles. The molecule has 0 aliphatic carbocycles. The Morgan fingerprint density at radius 1 is 1.37 bits per heavy atom. The molecule has 0 aliphatic heterocycles. The van der Waals surface area contributed by atoms with E-state index in [9.17, 15) is 13.2 Å². The lowest BCUT2D eigenvalue weighted by Gasteiger charge is -2.14. The lowest BCUT2D eigenvalue weighted by Crippen LogP contribution is -2.35. The van der Waals surface area contributed by atoms with E-state index in [1.807, 2.05) is 0 Å². The van der Waals surface area contributed by atoms with Crippen LogP contribution in [0.2, 0.25) is 0 Å². The van der Waals surface area contributed by atoms with Gasteiger partial charge in [0.2, 0.25) is 15.9 Å². The van der Waals surface area contributed by atoms with E-state index < -0.39 is 22.0 Å². The Bertz CT molecular complexity index is 555. The van der Waals surface area contributed by atoms with E-state index in [-0.39, 0.29) is 17.4 Å². The van der Waals surface area contributed by atoms with Gasteiger partial charge in [-0.05, 0) is 31.5 Å². The molecule has 5 N–H and O–H groups in total. The van der Waals surface area contributed by atoms with Crippen molar-refractivity contribution in [3.8, 4) is 0 Å². The van der Waals surface area contributed by atoms with Crippen molar-refractivity contribution in [2.45, 2.75) is 37.2 Å². The average molecular weight is 285 g/mol. The van der Waals surface area contributed by atoms with Crippen LogP contribution in [0, 0.1) is 0 Å². The Morgan fingerprint density at radius 3 is 2.53 bits per heavy atom. The maximum Gasteiger partial charge on any atom is 0.240 e. The van der Waals surface area contributed by atoms with Crippen LogP contribution in [0.3, 0.4) is 0 Å². The summed E-state index contributed by atoms with van der Waals surface area (Å²) in [5.41, 5.74) is 11.5. The molecule has 0 saturated heterocycles. The molecule has 6 nitrogen and oxygen atoms in total. The first-order valence-corrected chi connectivity index (χ1v) is 7.37. The summed E-state index contributed by atoms with van der Waals surface area (Å²) >= 11 is 0. The van der Waals surface area contributed by atoms with Crippen molar-refractivity contribution in [3.05, 3.63) is 29.8 Å². The highest BCUT2D eigenvalue weighted by atomic mass is 32.2. The third-order valence-electron chi connectivity index (χ3n) is 2.56. The van der Waals surface area contributed by atoms with E-state index in [0.717, 1.165) is 5.56 Å². The third kappa shape index (κ3) is 4.62. The van der Waals surface area contributed by atoms with E-state index in [1.165, 1.54) is 12.1 Å². The van der Waals surface area contributed by atoms with Crippen LogP contribution in [0.1, 0.15) is 31.9 Å². The first-order valence-electron chi connectivity index (χ1n) is 5.88. The van der Waals surface area contributed by atoms with Gasteiger partial charge in [-0.25, -0.2) is 13.1 Å². The summed E-state index contributed by atoms with van der Waals surface area (Å²) in [5, 5.41) is 0. The van der Waals surface area contributed by atoms with E-state index >= 15 is 0 Å². The topological polar surface area (TPSA) is 115 Å². The first-order chi connectivity index (χ1) is 8.72. The Labute approximate surface area is 113 Å². The summed E-state index contributed by atoms with van der Waals surface area (Å²) in [7, 11) is -3.67. The zero-order valence-corrected chi connectivity index (χ0v) is 11.8. The number of carbonyl (C=O) groups is 1. The minimum atomic E-state index is -3.67. The lowest BCUT2D eigenvalue weighted by molar-refractivity contribution is -0.118. The van der Waals surface area contributed by atoms with Crippen LogP contribution < -0.4 is 16.2 Å². The Hall–Kier alpha value is -1.44. The van der Waals surface area contributed by atoms with Crippen molar-refractivity contribution >= 4 is 15.9 Å². The van der Waals surface area contributed by atoms with Gasteiger partial charge in [0.1, 0.15) is 0 Å². The molecule has 0 radical (unpaired) electrons. The maximum atomic E-state index is 12.1. The van der Waals surface area contributed by atoms with Crippen molar-refractivity contribution in [1.29, 1.82) is 0 Å². The van der Waals surface area contributed by atoms with Gasteiger partial charge in [0.05, 0.1) is 4.90 Å². The quantitative estimate of drug-likeness (QED) is 0.694. The predicted octanol–water partition coefficient (Wildman–Crippen LogP) is 0.249. The van der Waals surface area contributed by atoms with Crippen molar-refractivity contribution < 1.29 is 13.2 Å². The smallest absolute Gasteiger partial charge is 0.240 e. The van der Waals surface area contributed by atoms with Crippen LogP contribution in [0.25, 0.3) is 0 Å². The predicted molar refractivity (Wildman–Crippen MR) is 72.6 cm³/mol. The van der Waals surface area contributed by atoms with E-state index in [4.69, 9.17) is 11.5 Å². The number of amides is 1. The van der Waals surface area contributed by atoms with Crippen LogP contribution in [0.15, 0.2) is 29.2 Å². The standard InChI is InChI=1S/C12H19N3O3S/c1-8(6-12(14)16)15-19(17,18)11-5-3-4-10(7-11)9(2)13/h3-5,7-9,15H,6,13H2,1-2H3,(H2,14,16). The normalized spacial score (nSPS) is 14.9. The second-order valence-electron chi connectivity index (χ2n) is 4.55. The van der Waals surface area contributed by atoms with Gasteiger partial charge in [-0.2, -0.15) is 0 Å². The SMILES string of the molecule is CC(CC(N)=O)NS(=O)(=O)c1cccc(C(C)N)c1. The summed E-state index contributed by atoms with van der Waals surface area (Å²) in [6.45, 7) is 3.35. The number of rotatable bonds is 6. The van der Waals surface area contributed by atoms with Gasteiger partial charge in [0.15, 0.2) is 0 Å². The molecule has 1 rings (SSSR count). The number of nitrogens with two attached hydrogens (primary N) is 2. The van der Waals surface area contributed by atoms with Crippen LogP contribution in [0.4, 0.5) is 0 Å². The largest absolute Gasteiger partial charge is 0.370 e. The Morgan fingerprint density at radius 2 is 2.00 bits per heavy atom. The molecule has 0 aliphatic rings. The van der Waals surface area contributed by atoms with Crippen molar-refractivity contribution in [2.24, 2.45) is 11.5 Å². The van der Waals surface area contributed by atoms with Gasteiger partial charge < -0.3 is 11.5 Å². The second kappa shape index (κ2) is 6.14. The molecular formula is C12H19N3O3S. The number of benzene rings is 1. The highest BCUT2D eigenvalue weighted by Gasteiger charge is 2.19. The zero-order valence-electron chi connectivity index (χ0n) is 11.0. The summed E-state index contributed by atoms with van der Waals surface area (Å²) in [5.74, 6) is -0.556. The molecule has 2 unspecified atom stereocenters. The number of carbonyl (C=O) groups excluding carboxylic acids is 1. The van der Waals surface area contributed by atoms with Gasteiger partial charge in [-0.15, -0.1) is 0 Å². The molecule has 1 aromatic rings. The molecule has 7 heteroatoms. The highest BCUT2D eigenvalue weighted by Crippen LogP contribution is 2.16. The van der Waals surface area contributed by atoms with Crippen LogP contribution >= 0.6 is 0 Å². The molecule has 0 fully saturated rings. The van der Waals surface area contributed by atoms with E-state index in [2.05, 4.69) is 4.72 Å². The van der Waals surface area contributed by atoms with Crippen LogP contribution in [-0.4, -0.2) is 20.4 Å². The number of nitrogens with one attached hydrogen (secondary N) is 1. The Kier molecular flexibility index (Phi) is 5.04. The molecule has 0 aromatic heterocycles. The van der Waals surface area contributed by atoms with Crippen molar-refractivity contribution in [1.82, 2.24) is 4.72 Å². The molecule has 0 bridgehead atoms. The number of primary amides is 1. The Balaban J connectivity index is 2.94. The second-order valence-corrected chi connectivity index (χ2v) is 6.27. The van der Waals surface area contributed by atoms with Crippen LogP contribution in [-0.2, 0) is 14.8 Å². The fraction of sp³-hybridized carbons (Fsp3) is 0.417. The monoisotopic (exact) mass is 285 g/mol. The molecule has 106 valence electrons. The van der Waals surface area contributed by atoms with Crippen molar-refractivity contribution in [3.63, 3.8) is 0 Å². The number of sulfonamides is 1. The molecular weight excluding hydrogens is 266 g/mol. The fourth-order valence-corrected chi connectivity index (χ4v) is 2.94. The van der Waals surface area contributed by atoms with Gasteiger partial charge in [0, 0.05) is 18.5 Å². The number of hydrogen-bond donors (Lipinski definition) is 3. The first kappa shape index (κ1) is 15.6. The lowest BCUT2D eigenvalue weighted by atomic mass is 10.1. The summed E-state index contributed by atoms with van der Waals surface area (Å²) in [6, 6.07) is 5.58. The molecule has 19 heavy (non-hydrogen) atoms. The maximum absolute atomic E-state index is 12.1. The van der Waals surface area contributed by atoms with Gasteiger partial charge in [-0.3, -0.25) is 4.79 Å². The van der Waals surface area contributed by atoms with Crippen molar-refractivity contribution in [2.75, 3.05) is 0 Å². The minimum Gasteiger partial charge on any atom is -0.370 e. The van der Waals surface area contributed by atoms with Crippen LogP contribution in [0.5, 0.6) is 0 Å². The van der Waals surface area contributed by atoms with Gasteiger partial charge in [-0.1, -0.05) is 12.1 Å². The minimum absolute atomic E-state index is 0.0494.